The van der Waals surface area contributed by atoms with E-state index in [1.54, 1.807) is 18.2 Å². The Morgan fingerprint density at radius 3 is 2.52 bits per heavy atom. The van der Waals surface area contributed by atoms with Gasteiger partial charge in [-0.15, -0.1) is 0 Å². The molecule has 0 heterocycles. The first kappa shape index (κ1) is 17.8. The van der Waals surface area contributed by atoms with Crippen LogP contribution in [-0.2, 0) is 14.3 Å². The highest BCUT2D eigenvalue weighted by Gasteiger charge is 2.19. The summed E-state index contributed by atoms with van der Waals surface area (Å²) in [4.78, 5) is 23.5. The van der Waals surface area contributed by atoms with Crippen LogP contribution in [0.4, 0.5) is 5.69 Å². The zero-order valence-electron chi connectivity index (χ0n) is 12.3. The molecule has 0 aromatic heterocycles. The molecule has 0 saturated heterocycles. The van der Waals surface area contributed by atoms with Crippen molar-refractivity contribution >= 4 is 40.8 Å². The molecule has 1 atom stereocenters. The first-order valence-corrected chi connectivity index (χ1v) is 7.51. The summed E-state index contributed by atoms with van der Waals surface area (Å²) >= 11 is 11.8. The third kappa shape index (κ3) is 5.94. The van der Waals surface area contributed by atoms with E-state index in [1.165, 1.54) is 6.92 Å². The monoisotopic (exact) mass is 331 g/mol. The largest absolute Gasteiger partial charge is 0.453 e. The number of anilines is 1. The molecule has 0 aliphatic heterocycles. The van der Waals surface area contributed by atoms with Gasteiger partial charge in [0.1, 0.15) is 0 Å². The van der Waals surface area contributed by atoms with Crippen LogP contribution in [0.5, 0.6) is 0 Å². The van der Waals surface area contributed by atoms with Gasteiger partial charge < -0.3 is 10.1 Å². The number of amides is 1. The standard InChI is InChI=1S/C15H19Cl2NO3/c1-9(2)7-8-13(19)21-10(3)15(20)18-12-6-4-5-11(16)14(12)17/h4-6,9-10H,7-8H2,1-3H3,(H,18,20). The fraction of sp³-hybridized carbons (Fsp3) is 0.467. The van der Waals surface area contributed by atoms with E-state index in [2.05, 4.69) is 5.32 Å². The Hall–Kier alpha value is -1.26. The molecule has 4 nitrogen and oxygen atoms in total. The number of benzene rings is 1. The number of nitrogens with one attached hydrogen (secondary N) is 1. The Labute approximate surface area is 134 Å². The van der Waals surface area contributed by atoms with Gasteiger partial charge in [0.05, 0.1) is 15.7 Å². The lowest BCUT2D eigenvalue weighted by Gasteiger charge is -2.15. The summed E-state index contributed by atoms with van der Waals surface area (Å²) in [5, 5.41) is 3.19. The molecule has 0 fully saturated rings. The maximum atomic E-state index is 12.0. The van der Waals surface area contributed by atoms with Crippen molar-refractivity contribution in [2.75, 3.05) is 5.32 Å². The second-order valence-electron chi connectivity index (χ2n) is 5.16. The second-order valence-corrected chi connectivity index (χ2v) is 5.94. The summed E-state index contributed by atoms with van der Waals surface area (Å²) < 4.78 is 5.08. The normalized spacial score (nSPS) is 12.1. The average Bonchev–Trinajstić information content (AvgIpc) is 2.41. The fourth-order valence-electron chi connectivity index (χ4n) is 1.55. The topological polar surface area (TPSA) is 55.4 Å². The Bertz CT molecular complexity index is 518. The number of ether oxygens (including phenoxy) is 1. The van der Waals surface area contributed by atoms with E-state index in [1.807, 2.05) is 13.8 Å². The van der Waals surface area contributed by atoms with Crippen molar-refractivity contribution in [3.63, 3.8) is 0 Å². The van der Waals surface area contributed by atoms with Gasteiger partial charge in [-0.3, -0.25) is 9.59 Å². The summed E-state index contributed by atoms with van der Waals surface area (Å²) in [5.41, 5.74) is 0.388. The molecule has 0 saturated carbocycles. The van der Waals surface area contributed by atoms with Crippen LogP contribution in [0.1, 0.15) is 33.6 Å². The molecule has 0 aliphatic rings. The van der Waals surface area contributed by atoms with Gasteiger partial charge in [-0.05, 0) is 31.4 Å². The lowest BCUT2D eigenvalue weighted by atomic mass is 10.1. The number of rotatable bonds is 6. The highest BCUT2D eigenvalue weighted by molar-refractivity contribution is 6.44. The summed E-state index contributed by atoms with van der Waals surface area (Å²) in [6.07, 6.45) is 0.139. The van der Waals surface area contributed by atoms with Crippen LogP contribution in [0.2, 0.25) is 10.0 Å². The Morgan fingerprint density at radius 1 is 1.24 bits per heavy atom. The van der Waals surface area contributed by atoms with Gasteiger partial charge in [0.25, 0.3) is 5.91 Å². The molecule has 1 rings (SSSR count). The molecule has 0 radical (unpaired) electrons. The Balaban J connectivity index is 2.55. The highest BCUT2D eigenvalue weighted by Crippen LogP contribution is 2.29. The van der Waals surface area contributed by atoms with Crippen molar-refractivity contribution in [2.24, 2.45) is 5.92 Å². The summed E-state index contributed by atoms with van der Waals surface area (Å²) in [7, 11) is 0. The van der Waals surface area contributed by atoms with E-state index in [0.717, 1.165) is 6.42 Å². The maximum absolute atomic E-state index is 12.0. The zero-order chi connectivity index (χ0) is 16.0. The van der Waals surface area contributed by atoms with Crippen molar-refractivity contribution < 1.29 is 14.3 Å². The molecule has 21 heavy (non-hydrogen) atoms. The van der Waals surface area contributed by atoms with E-state index in [-0.39, 0.29) is 11.0 Å². The molecular formula is C15H19Cl2NO3. The summed E-state index contributed by atoms with van der Waals surface area (Å²) in [5.74, 6) is -0.424. The van der Waals surface area contributed by atoms with Crippen LogP contribution in [0.15, 0.2) is 18.2 Å². The van der Waals surface area contributed by atoms with E-state index in [4.69, 9.17) is 27.9 Å². The van der Waals surface area contributed by atoms with Gasteiger partial charge in [-0.1, -0.05) is 43.1 Å². The number of carbonyl (C=O) groups is 2. The zero-order valence-corrected chi connectivity index (χ0v) is 13.8. The number of hydrogen-bond acceptors (Lipinski definition) is 3. The first-order chi connectivity index (χ1) is 9.81. The molecule has 6 heteroatoms. The van der Waals surface area contributed by atoms with E-state index < -0.39 is 12.0 Å². The minimum Gasteiger partial charge on any atom is -0.453 e. The average molecular weight is 332 g/mol. The molecular weight excluding hydrogens is 313 g/mol. The second kappa shape index (κ2) is 8.25. The molecule has 0 aliphatic carbocycles. The lowest BCUT2D eigenvalue weighted by Crippen LogP contribution is -2.30. The van der Waals surface area contributed by atoms with Crippen molar-refractivity contribution in [2.45, 2.75) is 39.7 Å². The van der Waals surface area contributed by atoms with Crippen LogP contribution >= 0.6 is 23.2 Å². The summed E-state index contributed by atoms with van der Waals surface area (Å²) in [6, 6.07) is 4.91. The van der Waals surface area contributed by atoms with Gasteiger partial charge in [-0.2, -0.15) is 0 Å². The van der Waals surface area contributed by atoms with Gasteiger partial charge in [-0.25, -0.2) is 0 Å². The molecule has 0 bridgehead atoms. The van der Waals surface area contributed by atoms with Crippen LogP contribution in [0.25, 0.3) is 0 Å². The third-order valence-corrected chi connectivity index (χ3v) is 3.63. The minimum atomic E-state index is -0.889. The van der Waals surface area contributed by atoms with Gasteiger partial charge in [0.15, 0.2) is 6.10 Å². The molecule has 116 valence electrons. The number of carbonyl (C=O) groups excluding carboxylic acids is 2. The van der Waals surface area contributed by atoms with Gasteiger partial charge >= 0.3 is 5.97 Å². The van der Waals surface area contributed by atoms with E-state index in [9.17, 15) is 9.59 Å². The van der Waals surface area contributed by atoms with Crippen molar-refractivity contribution in [3.8, 4) is 0 Å². The first-order valence-electron chi connectivity index (χ1n) is 6.75. The molecule has 1 aromatic rings. The van der Waals surface area contributed by atoms with Crippen LogP contribution in [0, 0.1) is 5.92 Å². The van der Waals surface area contributed by atoms with Crippen molar-refractivity contribution in [3.05, 3.63) is 28.2 Å². The lowest BCUT2D eigenvalue weighted by molar-refractivity contribution is -0.153. The van der Waals surface area contributed by atoms with Crippen LogP contribution in [-0.4, -0.2) is 18.0 Å². The number of hydrogen-bond donors (Lipinski definition) is 1. The van der Waals surface area contributed by atoms with Crippen LogP contribution < -0.4 is 5.32 Å². The van der Waals surface area contributed by atoms with Gasteiger partial charge in [0.2, 0.25) is 0 Å². The highest BCUT2D eigenvalue weighted by atomic mass is 35.5. The van der Waals surface area contributed by atoms with E-state index >= 15 is 0 Å². The Kier molecular flexibility index (Phi) is 6.99. The summed E-state index contributed by atoms with van der Waals surface area (Å²) in [6.45, 7) is 5.55. The number of halogens is 2. The van der Waals surface area contributed by atoms with Gasteiger partial charge in [0, 0.05) is 6.42 Å². The van der Waals surface area contributed by atoms with Crippen molar-refractivity contribution in [1.82, 2.24) is 0 Å². The smallest absolute Gasteiger partial charge is 0.306 e. The van der Waals surface area contributed by atoms with Crippen molar-refractivity contribution in [1.29, 1.82) is 0 Å². The maximum Gasteiger partial charge on any atom is 0.306 e. The molecule has 1 N–H and O–H groups in total. The Morgan fingerprint density at radius 2 is 1.90 bits per heavy atom. The predicted octanol–water partition coefficient (Wildman–Crippen LogP) is 4.30. The molecule has 0 spiro atoms. The quantitative estimate of drug-likeness (QED) is 0.790. The van der Waals surface area contributed by atoms with Crippen LogP contribution in [0.3, 0.4) is 0 Å². The predicted molar refractivity (Wildman–Crippen MR) is 84.7 cm³/mol. The molecule has 1 unspecified atom stereocenters. The molecule has 1 aromatic carbocycles. The molecule has 1 amide bonds. The number of esters is 1. The third-order valence-electron chi connectivity index (χ3n) is 2.81. The van der Waals surface area contributed by atoms with E-state index in [0.29, 0.717) is 23.0 Å². The fourth-order valence-corrected chi connectivity index (χ4v) is 1.90. The SMILES string of the molecule is CC(C)CCC(=O)OC(C)C(=O)Nc1cccc(Cl)c1Cl. The minimum absolute atomic E-state index is 0.255.